The largest absolute Gasteiger partial charge is 0.497 e. The first kappa shape index (κ1) is 23.7. The number of hydrogen-bond acceptors (Lipinski definition) is 6. The van der Waals surface area contributed by atoms with Crippen LogP contribution in [0.1, 0.15) is 16.7 Å². The predicted molar refractivity (Wildman–Crippen MR) is 127 cm³/mol. The Morgan fingerprint density at radius 2 is 1.33 bits per heavy atom. The first-order valence-electron chi connectivity index (χ1n) is 10.3. The second kappa shape index (κ2) is 11.6. The molecule has 0 aliphatic rings. The molecule has 0 unspecified atom stereocenters. The molecule has 3 aromatic rings. The number of benzene rings is 3. The molecule has 0 radical (unpaired) electrons. The van der Waals surface area contributed by atoms with E-state index in [0.29, 0.717) is 24.7 Å². The molecule has 0 aromatic heterocycles. The van der Waals surface area contributed by atoms with Gasteiger partial charge >= 0.3 is 0 Å². The Balaban J connectivity index is 1.77. The fourth-order valence-corrected chi connectivity index (χ4v) is 2.91. The lowest BCUT2D eigenvalue weighted by molar-refractivity contribution is -0.124. The number of amides is 1. The highest BCUT2D eigenvalue weighted by atomic mass is 16.5. The lowest BCUT2D eigenvalue weighted by atomic mass is 10.1. The van der Waals surface area contributed by atoms with Crippen LogP contribution in [0.15, 0.2) is 72.8 Å². The third kappa shape index (κ3) is 7.02. The second-order valence-electron chi connectivity index (χ2n) is 7.26. The highest BCUT2D eigenvalue weighted by molar-refractivity contribution is 5.91. The van der Waals surface area contributed by atoms with E-state index in [1.807, 2.05) is 66.7 Å². The van der Waals surface area contributed by atoms with Crippen LogP contribution in [0.2, 0.25) is 0 Å². The van der Waals surface area contributed by atoms with E-state index >= 15 is 0 Å². The van der Waals surface area contributed by atoms with Gasteiger partial charge in [0.15, 0.2) is 11.5 Å². The number of nitrogens with two attached hydrogens (primary N) is 1. The number of nitrogens with zero attached hydrogens (tertiary/aromatic N) is 1. The maximum atomic E-state index is 11.8. The number of likely N-dealkylation sites (N-methyl/N-ethyl adjacent to an activating group) is 1. The van der Waals surface area contributed by atoms with E-state index in [-0.39, 0.29) is 5.91 Å². The van der Waals surface area contributed by atoms with Crippen LogP contribution in [0.5, 0.6) is 23.0 Å². The lowest BCUT2D eigenvalue weighted by Gasteiger charge is -2.14. The summed E-state index contributed by atoms with van der Waals surface area (Å²) in [5, 5.41) is 1.02. The van der Waals surface area contributed by atoms with Crippen molar-refractivity contribution in [3.8, 4) is 23.0 Å². The minimum atomic E-state index is -0.310. The number of methoxy groups -OCH3 is 2. The summed E-state index contributed by atoms with van der Waals surface area (Å²) in [7, 11) is 4.75. The number of hydrogen-bond donors (Lipinski definition) is 1. The highest BCUT2D eigenvalue weighted by Crippen LogP contribution is 2.31. The zero-order chi connectivity index (χ0) is 23.6. The molecule has 0 saturated heterocycles. The summed E-state index contributed by atoms with van der Waals surface area (Å²) in [5.41, 5.74) is 2.77. The van der Waals surface area contributed by atoms with Crippen LogP contribution in [0.3, 0.4) is 0 Å². The van der Waals surface area contributed by atoms with E-state index in [2.05, 4.69) is 0 Å². The number of carbonyl (C=O) groups is 1. The summed E-state index contributed by atoms with van der Waals surface area (Å²) >= 11 is 0. The van der Waals surface area contributed by atoms with Gasteiger partial charge in [-0.05, 0) is 59.2 Å². The van der Waals surface area contributed by atoms with Gasteiger partial charge in [-0.15, -0.1) is 0 Å². The Kier molecular flexibility index (Phi) is 8.32. The van der Waals surface area contributed by atoms with Gasteiger partial charge in [-0.1, -0.05) is 30.3 Å². The molecule has 0 aliphatic heterocycles. The molecule has 0 fully saturated rings. The van der Waals surface area contributed by atoms with Crippen LogP contribution in [-0.4, -0.2) is 32.2 Å². The molecule has 7 heteroatoms. The van der Waals surface area contributed by atoms with Gasteiger partial charge in [0.05, 0.1) is 14.2 Å². The minimum absolute atomic E-state index is 0.310. The maximum absolute atomic E-state index is 11.8. The molecule has 0 bridgehead atoms. The average molecular weight is 449 g/mol. The van der Waals surface area contributed by atoms with E-state index in [4.69, 9.17) is 24.8 Å². The summed E-state index contributed by atoms with van der Waals surface area (Å²) in [6.07, 6.45) is 3.08. The molecule has 33 heavy (non-hydrogen) atoms. The minimum Gasteiger partial charge on any atom is -0.497 e. The number of carbonyl (C=O) groups excluding carboxylic acids is 1. The molecule has 0 heterocycles. The first-order valence-corrected chi connectivity index (χ1v) is 10.3. The van der Waals surface area contributed by atoms with Crippen molar-refractivity contribution >= 4 is 12.0 Å². The quantitative estimate of drug-likeness (QED) is 0.217. The summed E-state index contributed by atoms with van der Waals surface area (Å²) in [4.78, 5) is 11.8. The maximum Gasteiger partial charge on any atom is 0.260 e. The van der Waals surface area contributed by atoms with Gasteiger partial charge in [0.25, 0.3) is 5.91 Å². The van der Waals surface area contributed by atoms with Gasteiger partial charge in [-0.2, -0.15) is 0 Å². The third-order valence-electron chi connectivity index (χ3n) is 4.84. The van der Waals surface area contributed by atoms with Gasteiger partial charge in [0.1, 0.15) is 24.7 Å². The zero-order valence-corrected chi connectivity index (χ0v) is 19.0. The molecule has 0 aliphatic carbocycles. The van der Waals surface area contributed by atoms with Crippen LogP contribution >= 0.6 is 0 Å². The van der Waals surface area contributed by atoms with Crippen molar-refractivity contribution < 1.29 is 23.7 Å². The van der Waals surface area contributed by atoms with Gasteiger partial charge in [-0.25, -0.2) is 5.84 Å². The van der Waals surface area contributed by atoms with E-state index in [9.17, 15) is 4.79 Å². The number of rotatable bonds is 10. The predicted octanol–water partition coefficient (Wildman–Crippen LogP) is 4.21. The van der Waals surface area contributed by atoms with Gasteiger partial charge in [0.2, 0.25) is 0 Å². The summed E-state index contributed by atoms with van der Waals surface area (Å²) < 4.78 is 22.5. The number of ether oxygens (including phenoxy) is 4. The van der Waals surface area contributed by atoms with E-state index in [1.165, 1.54) is 13.1 Å². The van der Waals surface area contributed by atoms with Crippen molar-refractivity contribution in [1.82, 2.24) is 5.01 Å². The Hall–Kier alpha value is -3.97. The summed E-state index contributed by atoms with van der Waals surface area (Å²) in [5.74, 6) is 7.89. The lowest BCUT2D eigenvalue weighted by Crippen LogP contribution is -2.31. The fraction of sp³-hybridized carbons (Fsp3) is 0.192. The van der Waals surface area contributed by atoms with Crippen molar-refractivity contribution in [3.63, 3.8) is 0 Å². The van der Waals surface area contributed by atoms with Crippen LogP contribution in [0.4, 0.5) is 0 Å². The fourth-order valence-electron chi connectivity index (χ4n) is 2.91. The van der Waals surface area contributed by atoms with Gasteiger partial charge in [-0.3, -0.25) is 9.80 Å². The Bertz CT molecular complexity index is 1080. The number of hydrazine groups is 1. The molecule has 3 rings (SSSR count). The van der Waals surface area contributed by atoms with Gasteiger partial charge < -0.3 is 18.9 Å². The van der Waals surface area contributed by atoms with Crippen molar-refractivity contribution in [2.45, 2.75) is 13.2 Å². The van der Waals surface area contributed by atoms with Crippen molar-refractivity contribution in [3.05, 3.63) is 89.5 Å². The Morgan fingerprint density at radius 3 is 1.82 bits per heavy atom. The molecule has 172 valence electrons. The molecular weight excluding hydrogens is 420 g/mol. The molecular formula is C26H28N2O5. The van der Waals surface area contributed by atoms with Crippen molar-refractivity contribution in [2.24, 2.45) is 5.84 Å². The second-order valence-corrected chi connectivity index (χ2v) is 7.26. The van der Waals surface area contributed by atoms with E-state index < -0.39 is 0 Å². The zero-order valence-electron chi connectivity index (χ0n) is 19.0. The van der Waals surface area contributed by atoms with Crippen LogP contribution in [0.25, 0.3) is 6.08 Å². The van der Waals surface area contributed by atoms with Crippen molar-refractivity contribution in [2.75, 3.05) is 21.3 Å². The molecule has 0 atom stereocenters. The van der Waals surface area contributed by atoms with Crippen LogP contribution in [-0.2, 0) is 18.0 Å². The SMILES string of the molecule is COc1ccc(COc2ccc(C=CC(=O)N(C)N)cc2OCc2ccc(OC)cc2)cc1. The first-order chi connectivity index (χ1) is 16.0. The van der Waals surface area contributed by atoms with E-state index in [0.717, 1.165) is 33.2 Å². The Morgan fingerprint density at radius 1 is 0.818 bits per heavy atom. The molecule has 0 saturated carbocycles. The average Bonchev–Trinajstić information content (AvgIpc) is 2.85. The van der Waals surface area contributed by atoms with E-state index in [1.54, 1.807) is 20.3 Å². The highest BCUT2D eigenvalue weighted by Gasteiger charge is 2.09. The molecule has 2 N–H and O–H groups in total. The molecule has 3 aromatic carbocycles. The topological polar surface area (TPSA) is 83.3 Å². The summed E-state index contributed by atoms with van der Waals surface area (Å²) in [6.45, 7) is 0.717. The molecule has 0 spiro atoms. The van der Waals surface area contributed by atoms with Crippen LogP contribution in [0, 0.1) is 0 Å². The third-order valence-corrected chi connectivity index (χ3v) is 4.84. The summed E-state index contributed by atoms with van der Waals surface area (Å²) in [6, 6.07) is 20.8. The normalized spacial score (nSPS) is 10.7. The van der Waals surface area contributed by atoms with Gasteiger partial charge in [0, 0.05) is 13.1 Å². The Labute approximate surface area is 193 Å². The molecule has 1 amide bonds. The van der Waals surface area contributed by atoms with Crippen LogP contribution < -0.4 is 24.8 Å². The standard InChI is InChI=1S/C26H28N2O5/c1-28(27)26(29)15-9-19-8-14-24(32-17-20-4-10-22(30-2)11-5-20)25(16-19)33-18-21-6-12-23(31-3)13-7-21/h4-16H,17-18,27H2,1-3H3. The van der Waals surface area contributed by atoms with Crippen molar-refractivity contribution in [1.29, 1.82) is 0 Å². The molecule has 7 nitrogen and oxygen atoms in total. The smallest absolute Gasteiger partial charge is 0.260 e. The monoisotopic (exact) mass is 448 g/mol.